The summed E-state index contributed by atoms with van der Waals surface area (Å²) < 4.78 is 16.0. The third-order valence-corrected chi connectivity index (χ3v) is 5.72. The first-order chi connectivity index (χ1) is 15.9. The molecule has 0 spiro atoms. The number of hydrogen-bond donors (Lipinski definition) is 0. The molecule has 0 atom stereocenters. The van der Waals surface area contributed by atoms with E-state index in [4.69, 9.17) is 14.0 Å². The molecule has 2 heterocycles. The Bertz CT molecular complexity index is 1230. The molecule has 1 aliphatic rings. The number of carbonyl (C=O) groups is 1. The first-order valence-electron chi connectivity index (χ1n) is 10.9. The summed E-state index contributed by atoms with van der Waals surface area (Å²) in [6.45, 7) is 7.66. The van der Waals surface area contributed by atoms with Crippen LogP contribution >= 0.6 is 0 Å². The fourth-order valence-electron chi connectivity index (χ4n) is 4.08. The van der Waals surface area contributed by atoms with Gasteiger partial charge in [-0.2, -0.15) is 10.2 Å². The summed E-state index contributed by atoms with van der Waals surface area (Å²) in [6.07, 6.45) is 0.803. The normalized spacial score (nSPS) is 13.5. The van der Waals surface area contributed by atoms with Gasteiger partial charge in [-0.3, -0.25) is 9.69 Å². The van der Waals surface area contributed by atoms with Crippen molar-refractivity contribution in [1.29, 1.82) is 5.26 Å². The summed E-state index contributed by atoms with van der Waals surface area (Å²) in [4.78, 5) is 18.3. The maximum absolute atomic E-state index is 11.6. The van der Waals surface area contributed by atoms with Gasteiger partial charge in [0.05, 0.1) is 25.3 Å². The van der Waals surface area contributed by atoms with Crippen molar-refractivity contribution < 1.29 is 18.8 Å². The molecule has 0 radical (unpaired) electrons. The molecular formula is C25H26N4O4. The van der Waals surface area contributed by atoms with Gasteiger partial charge < -0.3 is 14.0 Å². The molecule has 4 rings (SSSR count). The molecule has 0 bridgehead atoms. The van der Waals surface area contributed by atoms with Gasteiger partial charge in [0.2, 0.25) is 5.82 Å². The molecule has 0 saturated heterocycles. The van der Waals surface area contributed by atoms with Crippen LogP contribution in [-0.4, -0.2) is 47.3 Å². The van der Waals surface area contributed by atoms with E-state index in [9.17, 15) is 10.1 Å². The van der Waals surface area contributed by atoms with Crippen LogP contribution in [0.2, 0.25) is 0 Å². The van der Waals surface area contributed by atoms with E-state index < -0.39 is 0 Å². The number of ether oxygens (including phenoxy) is 2. The third-order valence-electron chi connectivity index (χ3n) is 5.72. The van der Waals surface area contributed by atoms with Crippen LogP contribution in [0.25, 0.3) is 22.8 Å². The maximum atomic E-state index is 11.6. The number of esters is 1. The minimum Gasteiger partial charge on any atom is -0.490 e. The highest BCUT2D eigenvalue weighted by molar-refractivity contribution is 5.71. The molecule has 33 heavy (non-hydrogen) atoms. The van der Waals surface area contributed by atoms with Gasteiger partial charge in [0.15, 0.2) is 0 Å². The number of aromatic nitrogens is 2. The molecule has 170 valence electrons. The average molecular weight is 447 g/mol. The van der Waals surface area contributed by atoms with Crippen LogP contribution in [0.15, 0.2) is 34.9 Å². The Morgan fingerprint density at radius 1 is 1.30 bits per heavy atom. The topological polar surface area (TPSA) is 101 Å². The number of benzene rings is 2. The quantitative estimate of drug-likeness (QED) is 0.526. The van der Waals surface area contributed by atoms with Crippen molar-refractivity contribution in [3.8, 4) is 34.7 Å². The fourth-order valence-corrected chi connectivity index (χ4v) is 4.08. The Labute approximate surface area is 192 Å². The Kier molecular flexibility index (Phi) is 6.43. The summed E-state index contributed by atoms with van der Waals surface area (Å²) in [7, 11) is 1.41. The molecule has 3 aromatic rings. The van der Waals surface area contributed by atoms with Gasteiger partial charge in [-0.05, 0) is 62.1 Å². The summed E-state index contributed by atoms with van der Waals surface area (Å²) in [5.41, 5.74) is 5.54. The van der Waals surface area contributed by atoms with Crippen LogP contribution in [0.3, 0.4) is 0 Å². The van der Waals surface area contributed by atoms with E-state index in [1.165, 1.54) is 18.2 Å². The van der Waals surface area contributed by atoms with Crippen LogP contribution in [0.1, 0.15) is 36.1 Å². The molecule has 0 fully saturated rings. The van der Waals surface area contributed by atoms with Crippen molar-refractivity contribution in [1.82, 2.24) is 15.0 Å². The molecule has 0 saturated carbocycles. The fraction of sp³-hybridized carbons (Fsp3) is 0.360. The van der Waals surface area contributed by atoms with Gasteiger partial charge in [0.1, 0.15) is 11.8 Å². The Balaban J connectivity index is 1.59. The van der Waals surface area contributed by atoms with E-state index in [2.05, 4.69) is 34.1 Å². The second kappa shape index (κ2) is 9.43. The van der Waals surface area contributed by atoms with E-state index in [-0.39, 0.29) is 18.6 Å². The number of rotatable bonds is 6. The number of methoxy groups -OCH3 is 1. The molecule has 1 aromatic heterocycles. The first-order valence-corrected chi connectivity index (χ1v) is 10.9. The maximum Gasteiger partial charge on any atom is 0.319 e. The van der Waals surface area contributed by atoms with Crippen LogP contribution in [0, 0.1) is 18.3 Å². The van der Waals surface area contributed by atoms with Gasteiger partial charge in [-0.15, -0.1) is 0 Å². The lowest BCUT2D eigenvalue weighted by Crippen LogP contribution is -2.35. The summed E-state index contributed by atoms with van der Waals surface area (Å²) in [6, 6.07) is 11.5. The zero-order valence-electron chi connectivity index (χ0n) is 19.2. The number of hydrogen-bond acceptors (Lipinski definition) is 8. The molecule has 0 amide bonds. The van der Waals surface area contributed by atoms with E-state index in [0.29, 0.717) is 35.1 Å². The van der Waals surface area contributed by atoms with E-state index >= 15 is 0 Å². The molecule has 8 heteroatoms. The van der Waals surface area contributed by atoms with Gasteiger partial charge in [0, 0.05) is 24.2 Å². The van der Waals surface area contributed by atoms with Crippen molar-refractivity contribution in [2.45, 2.75) is 39.8 Å². The zero-order chi connectivity index (χ0) is 23.5. The number of carbonyl (C=O) groups excluding carboxylic acids is 1. The van der Waals surface area contributed by atoms with Crippen molar-refractivity contribution in [3.63, 3.8) is 0 Å². The van der Waals surface area contributed by atoms with Crippen LogP contribution < -0.4 is 4.74 Å². The Morgan fingerprint density at radius 3 is 2.85 bits per heavy atom. The lowest BCUT2D eigenvalue weighted by Gasteiger charge is -2.29. The average Bonchev–Trinajstić information content (AvgIpc) is 3.29. The van der Waals surface area contributed by atoms with Gasteiger partial charge in [-0.25, -0.2) is 0 Å². The first kappa shape index (κ1) is 22.5. The second-order valence-corrected chi connectivity index (χ2v) is 8.33. The van der Waals surface area contributed by atoms with Gasteiger partial charge >= 0.3 is 5.97 Å². The standard InChI is InChI=1S/C25H26N4O4/c1-15(2)32-22-8-6-17(11-19(22)12-26)25-27-24(28-33-25)21-7-5-18-13-29(14-23(30)31-4)10-9-20(18)16(21)3/h5-8,11,15H,9-10,13-14H2,1-4H3. The van der Waals surface area contributed by atoms with Crippen molar-refractivity contribution in [2.24, 2.45) is 0 Å². The largest absolute Gasteiger partial charge is 0.490 e. The van der Waals surface area contributed by atoms with E-state index in [0.717, 1.165) is 24.1 Å². The predicted molar refractivity (Wildman–Crippen MR) is 121 cm³/mol. The molecule has 0 N–H and O–H groups in total. The van der Waals surface area contributed by atoms with Gasteiger partial charge in [0.25, 0.3) is 5.89 Å². The highest BCUT2D eigenvalue weighted by Gasteiger charge is 2.23. The highest BCUT2D eigenvalue weighted by Crippen LogP contribution is 2.32. The van der Waals surface area contributed by atoms with Crippen molar-refractivity contribution in [2.75, 3.05) is 20.2 Å². The minimum atomic E-state index is -0.227. The monoisotopic (exact) mass is 446 g/mol. The smallest absolute Gasteiger partial charge is 0.319 e. The molecule has 1 aliphatic heterocycles. The summed E-state index contributed by atoms with van der Waals surface area (Å²) in [5.74, 6) is 1.15. The molecular weight excluding hydrogens is 420 g/mol. The SMILES string of the molecule is COC(=O)CN1CCc2c(ccc(-c3noc(-c4ccc(OC(C)C)c(C#N)c4)n3)c2C)C1. The molecule has 2 aromatic carbocycles. The van der Waals surface area contributed by atoms with Crippen molar-refractivity contribution in [3.05, 3.63) is 52.6 Å². The van der Waals surface area contributed by atoms with Gasteiger partial charge in [-0.1, -0.05) is 17.3 Å². The third kappa shape index (κ3) is 4.73. The predicted octanol–water partition coefficient (Wildman–Crippen LogP) is 3.90. The molecule has 0 aliphatic carbocycles. The van der Waals surface area contributed by atoms with Crippen LogP contribution in [0.4, 0.5) is 0 Å². The van der Waals surface area contributed by atoms with Crippen LogP contribution in [-0.2, 0) is 22.5 Å². The van der Waals surface area contributed by atoms with Crippen LogP contribution in [0.5, 0.6) is 5.75 Å². The second-order valence-electron chi connectivity index (χ2n) is 8.33. The minimum absolute atomic E-state index is 0.0301. The van der Waals surface area contributed by atoms with Crippen molar-refractivity contribution >= 4 is 5.97 Å². The zero-order valence-corrected chi connectivity index (χ0v) is 19.2. The number of nitriles is 1. The van der Waals surface area contributed by atoms with E-state index in [1.54, 1.807) is 12.1 Å². The Morgan fingerprint density at radius 2 is 2.12 bits per heavy atom. The summed E-state index contributed by atoms with van der Waals surface area (Å²) >= 11 is 0. The number of fused-ring (bicyclic) bond motifs is 1. The number of nitrogens with zero attached hydrogens (tertiary/aromatic N) is 4. The lowest BCUT2D eigenvalue weighted by atomic mass is 9.91. The summed E-state index contributed by atoms with van der Waals surface area (Å²) in [5, 5.41) is 13.7. The molecule has 0 unspecified atom stereocenters. The Hall–Kier alpha value is -3.70. The molecule has 8 nitrogen and oxygen atoms in total. The highest BCUT2D eigenvalue weighted by atomic mass is 16.5. The van der Waals surface area contributed by atoms with E-state index in [1.807, 2.05) is 26.0 Å². The lowest BCUT2D eigenvalue weighted by molar-refractivity contribution is -0.142.